The van der Waals surface area contributed by atoms with Gasteiger partial charge in [0.2, 0.25) is 16.4 Å². The topological polar surface area (TPSA) is 105 Å². The zero-order chi connectivity index (χ0) is 22.0. The van der Waals surface area contributed by atoms with Gasteiger partial charge in [-0.2, -0.15) is 13.2 Å². The van der Waals surface area contributed by atoms with Crippen LogP contribution in [-0.4, -0.2) is 50.2 Å². The minimum atomic E-state index is -4.58. The molecule has 0 radical (unpaired) electrons. The zero-order valence-electron chi connectivity index (χ0n) is 16.0. The van der Waals surface area contributed by atoms with Gasteiger partial charge in [0.15, 0.2) is 0 Å². The van der Waals surface area contributed by atoms with Crippen molar-refractivity contribution in [2.24, 2.45) is 0 Å². The van der Waals surface area contributed by atoms with Crippen LogP contribution in [0.4, 0.5) is 18.0 Å². The first kappa shape index (κ1) is 22.9. The smallest absolute Gasteiger partial charge is 0.416 e. The summed E-state index contributed by atoms with van der Waals surface area (Å²) < 4.78 is 70.5. The predicted molar refractivity (Wildman–Crippen MR) is 96.1 cm³/mol. The van der Waals surface area contributed by atoms with Crippen LogP contribution < -0.4 is 10.0 Å². The van der Waals surface area contributed by atoms with Gasteiger partial charge >= 0.3 is 12.3 Å². The van der Waals surface area contributed by atoms with Crippen molar-refractivity contribution in [3.63, 3.8) is 0 Å². The second-order valence-electron chi connectivity index (χ2n) is 7.51. The lowest BCUT2D eigenvalue weighted by Crippen LogP contribution is -2.46. The van der Waals surface area contributed by atoms with Crippen molar-refractivity contribution in [1.82, 2.24) is 14.9 Å². The normalized spacial score (nSPS) is 20.4. The Bertz CT molecular complexity index is 851. The van der Waals surface area contributed by atoms with Gasteiger partial charge in [-0.15, -0.1) is 0 Å². The number of nitrogens with zero attached hydrogens (tertiary/aromatic N) is 1. The van der Waals surface area contributed by atoms with E-state index in [4.69, 9.17) is 4.74 Å². The number of amides is 2. The molecule has 1 heterocycles. The van der Waals surface area contributed by atoms with Crippen molar-refractivity contribution >= 4 is 22.5 Å². The van der Waals surface area contributed by atoms with E-state index in [1.54, 1.807) is 20.8 Å². The molecule has 2 atom stereocenters. The first-order valence-corrected chi connectivity index (χ1v) is 10.1. The van der Waals surface area contributed by atoms with Gasteiger partial charge in [-0.25, -0.2) is 17.9 Å². The zero-order valence-corrected chi connectivity index (χ0v) is 16.8. The average molecular weight is 437 g/mol. The lowest BCUT2D eigenvalue weighted by Gasteiger charge is -2.28. The number of carbonyl (C=O) groups is 2. The average Bonchev–Trinajstić information content (AvgIpc) is 2.95. The van der Waals surface area contributed by atoms with Crippen molar-refractivity contribution in [2.75, 3.05) is 6.54 Å². The van der Waals surface area contributed by atoms with Crippen LogP contribution in [0, 0.1) is 0 Å². The number of benzene rings is 1. The molecule has 29 heavy (non-hydrogen) atoms. The predicted octanol–water partition coefficient (Wildman–Crippen LogP) is 2.07. The van der Waals surface area contributed by atoms with Crippen LogP contribution in [0.1, 0.15) is 32.8 Å². The number of hydrogen-bond donors (Lipinski definition) is 2. The van der Waals surface area contributed by atoms with Crippen molar-refractivity contribution < 1.29 is 35.9 Å². The summed E-state index contributed by atoms with van der Waals surface area (Å²) in [6.45, 7) is 4.90. The molecule has 1 aromatic rings. The Kier molecular flexibility index (Phi) is 6.48. The highest BCUT2D eigenvalue weighted by Crippen LogP contribution is 2.30. The number of carbonyl (C=O) groups excluding carboxylic acids is 2. The van der Waals surface area contributed by atoms with Crippen LogP contribution in [0.2, 0.25) is 0 Å². The van der Waals surface area contributed by atoms with E-state index in [0.717, 1.165) is 12.1 Å². The molecule has 8 nitrogen and oxygen atoms in total. The SMILES string of the molecule is CC(C)(C)OC(=O)N1C[C@H](NS(=O)(=O)c2ccc(C(F)(F)F)cc2)C[C@H]1NC=O. The van der Waals surface area contributed by atoms with E-state index in [2.05, 4.69) is 10.0 Å². The molecule has 0 unspecified atom stereocenters. The Balaban J connectivity index is 2.14. The number of ether oxygens (including phenoxy) is 1. The van der Waals surface area contributed by atoms with Crippen LogP contribution in [0.25, 0.3) is 0 Å². The second kappa shape index (κ2) is 8.19. The minimum Gasteiger partial charge on any atom is -0.444 e. The minimum absolute atomic E-state index is 0.0673. The third-order valence-electron chi connectivity index (χ3n) is 4.00. The van der Waals surface area contributed by atoms with Crippen LogP contribution in [0.3, 0.4) is 0 Å². The molecule has 2 amide bonds. The summed E-state index contributed by atoms with van der Waals surface area (Å²) in [6, 6.07) is 2.28. The maximum Gasteiger partial charge on any atom is 0.416 e. The highest BCUT2D eigenvalue weighted by molar-refractivity contribution is 7.89. The number of hydrogen-bond acceptors (Lipinski definition) is 5. The number of sulfonamides is 1. The van der Waals surface area contributed by atoms with E-state index in [1.807, 2.05) is 0 Å². The molecule has 1 fully saturated rings. The molecule has 2 N–H and O–H groups in total. The van der Waals surface area contributed by atoms with Gasteiger partial charge in [0.05, 0.1) is 10.5 Å². The van der Waals surface area contributed by atoms with E-state index in [1.165, 1.54) is 4.90 Å². The maximum atomic E-state index is 12.6. The third-order valence-corrected chi connectivity index (χ3v) is 5.54. The summed E-state index contributed by atoms with van der Waals surface area (Å²) >= 11 is 0. The van der Waals surface area contributed by atoms with Gasteiger partial charge in [0, 0.05) is 19.0 Å². The third kappa shape index (κ3) is 6.07. The molecule has 1 aliphatic rings. The Morgan fingerprint density at radius 1 is 1.21 bits per heavy atom. The molecule has 1 aliphatic heterocycles. The molecule has 1 aromatic carbocycles. The summed E-state index contributed by atoms with van der Waals surface area (Å²) in [5.41, 5.74) is -1.76. The monoisotopic (exact) mass is 437 g/mol. The fraction of sp³-hybridized carbons (Fsp3) is 0.529. The van der Waals surface area contributed by atoms with Crippen LogP contribution in [-0.2, 0) is 25.7 Å². The van der Waals surface area contributed by atoms with Gasteiger partial charge in [0.1, 0.15) is 11.8 Å². The Morgan fingerprint density at radius 3 is 2.28 bits per heavy atom. The van der Waals surface area contributed by atoms with Crippen LogP contribution in [0.5, 0.6) is 0 Å². The van der Waals surface area contributed by atoms with E-state index < -0.39 is 45.7 Å². The largest absolute Gasteiger partial charge is 0.444 e. The Hall–Kier alpha value is -2.34. The van der Waals surface area contributed by atoms with Crippen LogP contribution >= 0.6 is 0 Å². The molecule has 0 aliphatic carbocycles. The molecule has 0 spiro atoms. The lowest BCUT2D eigenvalue weighted by atomic mass is 10.2. The van der Waals surface area contributed by atoms with Gasteiger partial charge in [-0.1, -0.05) is 0 Å². The molecular weight excluding hydrogens is 415 g/mol. The Morgan fingerprint density at radius 2 is 1.79 bits per heavy atom. The second-order valence-corrected chi connectivity index (χ2v) is 9.22. The van der Waals surface area contributed by atoms with E-state index in [-0.39, 0.29) is 17.9 Å². The van der Waals surface area contributed by atoms with Crippen LogP contribution in [0.15, 0.2) is 29.2 Å². The number of rotatable bonds is 5. The standard InChI is InChI=1S/C17H22F3N3O5S/c1-16(2,3)28-15(25)23-9-12(8-14(23)21-10-24)22-29(26,27)13-6-4-11(5-7-13)17(18,19)20/h4-7,10,12,14,22H,8-9H2,1-3H3,(H,21,24)/t12-,14+/m1/s1. The van der Waals surface area contributed by atoms with Crippen molar-refractivity contribution in [2.45, 2.75) is 56.1 Å². The van der Waals surface area contributed by atoms with Gasteiger partial charge in [-0.3, -0.25) is 9.69 Å². The summed E-state index contributed by atoms with van der Waals surface area (Å²) in [4.78, 5) is 24.0. The number of alkyl halides is 3. The molecule has 162 valence electrons. The van der Waals surface area contributed by atoms with Gasteiger partial charge in [-0.05, 0) is 45.0 Å². The fourth-order valence-corrected chi connectivity index (χ4v) is 4.03. The Labute approximate surface area is 166 Å². The van der Waals surface area contributed by atoms with E-state index in [0.29, 0.717) is 18.5 Å². The maximum absolute atomic E-state index is 12.6. The van der Waals surface area contributed by atoms with Crippen molar-refractivity contribution in [3.8, 4) is 0 Å². The van der Waals surface area contributed by atoms with E-state index >= 15 is 0 Å². The molecule has 0 aromatic heterocycles. The lowest BCUT2D eigenvalue weighted by molar-refractivity contribution is -0.137. The molecule has 2 rings (SSSR count). The number of likely N-dealkylation sites (tertiary alicyclic amines) is 1. The summed E-state index contributed by atoms with van der Waals surface area (Å²) in [5.74, 6) is 0. The summed E-state index contributed by atoms with van der Waals surface area (Å²) in [5, 5.41) is 2.43. The fourth-order valence-electron chi connectivity index (χ4n) is 2.79. The molecule has 0 saturated carbocycles. The quantitative estimate of drug-likeness (QED) is 0.687. The molecular formula is C17H22F3N3O5S. The highest BCUT2D eigenvalue weighted by Gasteiger charge is 2.39. The van der Waals surface area contributed by atoms with Gasteiger partial charge < -0.3 is 10.1 Å². The number of nitrogens with one attached hydrogen (secondary N) is 2. The molecule has 12 heteroatoms. The van der Waals surface area contributed by atoms with E-state index in [9.17, 15) is 31.2 Å². The number of halogens is 3. The molecule has 0 bridgehead atoms. The summed E-state index contributed by atoms with van der Waals surface area (Å²) in [7, 11) is -4.14. The first-order valence-electron chi connectivity index (χ1n) is 8.62. The molecule has 1 saturated heterocycles. The highest BCUT2D eigenvalue weighted by atomic mass is 32.2. The van der Waals surface area contributed by atoms with Crippen molar-refractivity contribution in [3.05, 3.63) is 29.8 Å². The first-order chi connectivity index (χ1) is 13.2. The summed E-state index contributed by atoms with van der Waals surface area (Å²) in [6.07, 6.45) is -5.65. The van der Waals surface area contributed by atoms with Crippen molar-refractivity contribution in [1.29, 1.82) is 0 Å². The van der Waals surface area contributed by atoms with Gasteiger partial charge in [0.25, 0.3) is 0 Å².